The molecule has 0 aliphatic heterocycles. The monoisotopic (exact) mass is 301 g/mol. The maximum absolute atomic E-state index is 11.6. The predicted octanol–water partition coefficient (Wildman–Crippen LogP) is 2.95. The number of hydrogen-bond acceptors (Lipinski definition) is 4. The van der Waals surface area contributed by atoms with E-state index in [1.165, 1.54) is 32.1 Å². The summed E-state index contributed by atoms with van der Waals surface area (Å²) >= 11 is 6.27. The van der Waals surface area contributed by atoms with Crippen molar-refractivity contribution >= 4 is 24.4 Å². The molecule has 0 radical (unpaired) electrons. The highest BCUT2D eigenvalue weighted by Crippen LogP contribution is 2.41. The maximum Gasteiger partial charge on any atom is 0.343 e. The quantitative estimate of drug-likeness (QED) is 0.627. The number of rotatable bonds is 6. The second-order valence-electron chi connectivity index (χ2n) is 5.47. The van der Waals surface area contributed by atoms with Gasteiger partial charge in [0, 0.05) is 12.3 Å². The van der Waals surface area contributed by atoms with Gasteiger partial charge in [0.1, 0.15) is 0 Å². The van der Waals surface area contributed by atoms with Crippen molar-refractivity contribution in [3.63, 3.8) is 0 Å². The van der Waals surface area contributed by atoms with E-state index < -0.39 is 0 Å². The largest absolute Gasteiger partial charge is 0.343 e. The van der Waals surface area contributed by atoms with E-state index in [0.717, 1.165) is 29.6 Å². The molecule has 6 heteroatoms. The molecule has 1 saturated carbocycles. The molecule has 1 heterocycles. The first-order chi connectivity index (χ1) is 9.21. The summed E-state index contributed by atoms with van der Waals surface area (Å²) in [6.07, 6.45) is 7.43. The van der Waals surface area contributed by atoms with Crippen molar-refractivity contribution in [1.29, 1.82) is 0 Å². The second-order valence-corrected chi connectivity index (χ2v) is 6.73. The molecule has 0 spiro atoms. The van der Waals surface area contributed by atoms with Crippen LogP contribution in [0.4, 0.5) is 0 Å². The van der Waals surface area contributed by atoms with Gasteiger partial charge in [-0.05, 0) is 30.4 Å². The lowest BCUT2D eigenvalue weighted by Crippen LogP contribution is -2.29. The molecular weight excluding hydrogens is 278 g/mol. The fourth-order valence-electron chi connectivity index (χ4n) is 2.70. The molecule has 108 valence electrons. The first-order valence-electron chi connectivity index (χ1n) is 7.10. The highest BCUT2D eigenvalue weighted by atomic mass is 32.2. The molecule has 1 aromatic heterocycles. The van der Waals surface area contributed by atoms with Gasteiger partial charge in [-0.1, -0.05) is 37.9 Å². The lowest BCUT2D eigenvalue weighted by Gasteiger charge is -2.35. The third-order valence-electron chi connectivity index (χ3n) is 3.93. The number of thiol groups is 1. The Kier molecular flexibility index (Phi) is 5.45. The van der Waals surface area contributed by atoms with Gasteiger partial charge in [-0.15, -0.1) is 5.10 Å². The van der Waals surface area contributed by atoms with Crippen LogP contribution in [0.1, 0.15) is 45.4 Å². The van der Waals surface area contributed by atoms with Gasteiger partial charge in [-0.3, -0.25) is 4.57 Å². The molecule has 0 amide bonds. The van der Waals surface area contributed by atoms with E-state index in [9.17, 15) is 4.79 Å². The zero-order valence-corrected chi connectivity index (χ0v) is 13.2. The molecule has 2 rings (SSSR count). The Hall–Kier alpha value is -0.360. The minimum absolute atomic E-state index is 0.0899. The standard InChI is InChI=1S/C13H23N3OS2/c1-2-8-16-11(17)14-15-12(16)19-10-13(9-18)6-4-3-5-7-13/h18H,2-10H2,1H3,(H,14,17). The zero-order valence-electron chi connectivity index (χ0n) is 11.5. The van der Waals surface area contributed by atoms with E-state index in [1.807, 2.05) is 0 Å². The molecule has 0 atom stereocenters. The van der Waals surface area contributed by atoms with Gasteiger partial charge in [-0.25, -0.2) is 9.89 Å². The number of nitrogens with one attached hydrogen (secondary N) is 1. The fraction of sp³-hybridized carbons (Fsp3) is 0.846. The van der Waals surface area contributed by atoms with Gasteiger partial charge in [0.2, 0.25) is 0 Å². The first kappa shape index (κ1) is 15.0. The molecule has 1 aliphatic rings. The van der Waals surface area contributed by atoms with Crippen molar-refractivity contribution in [2.75, 3.05) is 11.5 Å². The first-order valence-corrected chi connectivity index (χ1v) is 8.71. The Morgan fingerprint density at radius 3 is 2.79 bits per heavy atom. The van der Waals surface area contributed by atoms with Crippen LogP contribution in [-0.2, 0) is 6.54 Å². The van der Waals surface area contributed by atoms with Gasteiger partial charge in [-0.2, -0.15) is 12.6 Å². The van der Waals surface area contributed by atoms with Crippen LogP contribution < -0.4 is 5.69 Å². The van der Waals surface area contributed by atoms with Gasteiger partial charge in [0.05, 0.1) is 0 Å². The number of aromatic nitrogens is 3. The Morgan fingerprint density at radius 1 is 1.42 bits per heavy atom. The molecule has 1 fully saturated rings. The lowest BCUT2D eigenvalue weighted by atomic mass is 9.77. The van der Waals surface area contributed by atoms with E-state index in [4.69, 9.17) is 0 Å². The minimum Gasteiger partial charge on any atom is -0.270 e. The highest BCUT2D eigenvalue weighted by molar-refractivity contribution is 7.99. The van der Waals surface area contributed by atoms with Crippen molar-refractivity contribution < 1.29 is 0 Å². The normalized spacial score (nSPS) is 18.6. The van der Waals surface area contributed by atoms with Crippen LogP contribution in [0.3, 0.4) is 0 Å². The topological polar surface area (TPSA) is 50.7 Å². The summed E-state index contributed by atoms with van der Waals surface area (Å²) in [5.41, 5.74) is 0.242. The Bertz CT molecular complexity index is 449. The molecule has 1 aromatic rings. The number of thioether (sulfide) groups is 1. The molecule has 1 aliphatic carbocycles. The number of hydrogen-bond donors (Lipinski definition) is 2. The summed E-state index contributed by atoms with van der Waals surface area (Å²) in [5.74, 6) is 1.95. The van der Waals surface area contributed by atoms with E-state index in [2.05, 4.69) is 29.7 Å². The summed E-state index contributed by atoms with van der Waals surface area (Å²) in [7, 11) is 0. The minimum atomic E-state index is -0.0899. The fourth-order valence-corrected chi connectivity index (χ4v) is 4.55. The van der Waals surface area contributed by atoms with Crippen LogP contribution in [0.25, 0.3) is 0 Å². The molecule has 1 N–H and O–H groups in total. The van der Waals surface area contributed by atoms with Gasteiger partial charge < -0.3 is 0 Å². The third kappa shape index (κ3) is 3.60. The third-order valence-corrected chi connectivity index (χ3v) is 5.92. The SMILES string of the molecule is CCCn1c(SCC2(CS)CCCCC2)n[nH]c1=O. The molecular formula is C13H23N3OS2. The van der Waals surface area contributed by atoms with Crippen LogP contribution >= 0.6 is 24.4 Å². The maximum atomic E-state index is 11.6. The van der Waals surface area contributed by atoms with E-state index in [0.29, 0.717) is 5.41 Å². The number of aromatic amines is 1. The average molecular weight is 301 g/mol. The van der Waals surface area contributed by atoms with E-state index in [1.54, 1.807) is 16.3 Å². The number of H-pyrrole nitrogens is 1. The smallest absolute Gasteiger partial charge is 0.270 e. The molecule has 19 heavy (non-hydrogen) atoms. The molecule has 0 saturated heterocycles. The molecule has 0 bridgehead atoms. The van der Waals surface area contributed by atoms with Crippen LogP contribution in [0.5, 0.6) is 0 Å². The Balaban J connectivity index is 2.03. The molecule has 0 unspecified atom stereocenters. The number of nitrogens with zero attached hydrogens (tertiary/aromatic N) is 2. The Morgan fingerprint density at radius 2 is 2.16 bits per heavy atom. The zero-order chi connectivity index (χ0) is 13.7. The van der Waals surface area contributed by atoms with Crippen molar-refractivity contribution in [2.24, 2.45) is 5.41 Å². The summed E-state index contributed by atoms with van der Waals surface area (Å²) in [6, 6.07) is 0. The summed E-state index contributed by atoms with van der Waals surface area (Å²) in [4.78, 5) is 11.6. The van der Waals surface area contributed by atoms with Crippen LogP contribution in [0.2, 0.25) is 0 Å². The van der Waals surface area contributed by atoms with Crippen molar-refractivity contribution in [2.45, 2.75) is 57.1 Å². The van der Waals surface area contributed by atoms with Gasteiger partial charge in [0.15, 0.2) is 5.16 Å². The predicted molar refractivity (Wildman–Crippen MR) is 83.2 cm³/mol. The molecule has 0 aromatic carbocycles. The summed E-state index contributed by atoms with van der Waals surface area (Å²) < 4.78 is 1.75. The second kappa shape index (κ2) is 6.88. The molecule has 4 nitrogen and oxygen atoms in total. The van der Waals surface area contributed by atoms with Gasteiger partial charge >= 0.3 is 5.69 Å². The Labute approximate surface area is 124 Å². The van der Waals surface area contributed by atoms with Crippen LogP contribution in [0, 0.1) is 5.41 Å². The van der Waals surface area contributed by atoms with Crippen molar-refractivity contribution in [3.05, 3.63) is 10.5 Å². The van der Waals surface area contributed by atoms with Crippen molar-refractivity contribution in [3.8, 4) is 0 Å². The lowest BCUT2D eigenvalue weighted by molar-refractivity contribution is 0.258. The highest BCUT2D eigenvalue weighted by Gasteiger charge is 2.31. The van der Waals surface area contributed by atoms with Crippen molar-refractivity contribution in [1.82, 2.24) is 14.8 Å². The van der Waals surface area contributed by atoms with Crippen LogP contribution in [-0.4, -0.2) is 26.3 Å². The van der Waals surface area contributed by atoms with E-state index >= 15 is 0 Å². The average Bonchev–Trinajstić information content (AvgIpc) is 2.79. The van der Waals surface area contributed by atoms with Crippen LogP contribution in [0.15, 0.2) is 9.95 Å². The summed E-state index contributed by atoms with van der Waals surface area (Å²) in [5, 5.41) is 7.54. The van der Waals surface area contributed by atoms with Gasteiger partial charge in [0.25, 0.3) is 0 Å². The van der Waals surface area contributed by atoms with E-state index in [-0.39, 0.29) is 5.69 Å². The summed E-state index contributed by atoms with van der Waals surface area (Å²) in [6.45, 7) is 2.82.